The molecule has 0 saturated carbocycles. The van der Waals surface area contributed by atoms with E-state index in [0.29, 0.717) is 19.4 Å². The Morgan fingerprint density at radius 3 is 2.18 bits per heavy atom. The molecule has 0 aliphatic heterocycles. The molecule has 1 rings (SSSR count). The first-order chi connectivity index (χ1) is 10.4. The molecule has 10 heteroatoms. The van der Waals surface area contributed by atoms with Gasteiger partial charge in [-0.2, -0.15) is 0 Å². The standard InChI is InChI=1S/C12H16N4O6/c13-7-2-1-4-8(12(17)18)14-11-9(15(19)20)5-3-6-10(11)16(21)22/h3,5-6,8,14H,1-2,4,7,13H2,(H,17,18). The molecule has 4 N–H and O–H groups in total. The van der Waals surface area contributed by atoms with Crippen molar-refractivity contribution in [3.05, 3.63) is 38.4 Å². The van der Waals surface area contributed by atoms with Gasteiger partial charge in [0.15, 0.2) is 5.69 Å². The molecule has 0 aromatic heterocycles. The molecule has 0 aliphatic carbocycles. The van der Waals surface area contributed by atoms with Crippen LogP contribution in [0.4, 0.5) is 17.1 Å². The van der Waals surface area contributed by atoms with Crippen molar-refractivity contribution in [2.24, 2.45) is 5.73 Å². The Balaban J connectivity index is 3.13. The van der Waals surface area contributed by atoms with Crippen LogP contribution in [0.15, 0.2) is 18.2 Å². The van der Waals surface area contributed by atoms with Crippen molar-refractivity contribution in [2.75, 3.05) is 11.9 Å². The van der Waals surface area contributed by atoms with Crippen LogP contribution in [0, 0.1) is 20.2 Å². The van der Waals surface area contributed by atoms with Crippen LogP contribution in [0.2, 0.25) is 0 Å². The highest BCUT2D eigenvalue weighted by atomic mass is 16.6. The monoisotopic (exact) mass is 312 g/mol. The Morgan fingerprint density at radius 2 is 1.77 bits per heavy atom. The lowest BCUT2D eigenvalue weighted by Crippen LogP contribution is -2.30. The van der Waals surface area contributed by atoms with Crippen LogP contribution in [-0.4, -0.2) is 33.5 Å². The van der Waals surface area contributed by atoms with Crippen molar-refractivity contribution in [3.63, 3.8) is 0 Å². The Hall–Kier alpha value is -2.75. The Labute approximate surface area is 125 Å². The molecule has 0 heterocycles. The molecular formula is C12H16N4O6. The van der Waals surface area contributed by atoms with Gasteiger partial charge in [-0.05, 0) is 31.9 Å². The van der Waals surface area contributed by atoms with Gasteiger partial charge in [-0.3, -0.25) is 20.2 Å². The number of para-hydroxylation sites is 1. The Bertz CT molecular complexity index is 544. The third-order valence-corrected chi connectivity index (χ3v) is 2.98. The van der Waals surface area contributed by atoms with Crippen molar-refractivity contribution in [1.29, 1.82) is 0 Å². The molecule has 0 aliphatic rings. The van der Waals surface area contributed by atoms with E-state index in [2.05, 4.69) is 5.32 Å². The molecule has 0 spiro atoms. The molecule has 120 valence electrons. The van der Waals surface area contributed by atoms with Crippen LogP contribution in [0.1, 0.15) is 19.3 Å². The second kappa shape index (κ2) is 7.88. The molecule has 1 aromatic rings. The number of anilines is 1. The average molecular weight is 312 g/mol. The van der Waals surface area contributed by atoms with Gasteiger partial charge in [0.2, 0.25) is 0 Å². The third kappa shape index (κ3) is 4.38. The molecule has 1 unspecified atom stereocenters. The normalized spacial score (nSPS) is 11.7. The fraction of sp³-hybridized carbons (Fsp3) is 0.417. The molecule has 0 radical (unpaired) electrons. The summed E-state index contributed by atoms with van der Waals surface area (Å²) in [7, 11) is 0. The van der Waals surface area contributed by atoms with Gasteiger partial charge in [-0.25, -0.2) is 4.79 Å². The van der Waals surface area contributed by atoms with Crippen LogP contribution >= 0.6 is 0 Å². The molecule has 1 atom stereocenters. The number of carboxylic acids is 1. The van der Waals surface area contributed by atoms with Crippen molar-refractivity contribution in [1.82, 2.24) is 0 Å². The maximum absolute atomic E-state index is 11.2. The summed E-state index contributed by atoms with van der Waals surface area (Å²) in [6, 6.07) is 2.15. The summed E-state index contributed by atoms with van der Waals surface area (Å²) in [5, 5.41) is 33.5. The van der Waals surface area contributed by atoms with Crippen LogP contribution in [0.25, 0.3) is 0 Å². The van der Waals surface area contributed by atoms with Gasteiger partial charge < -0.3 is 16.2 Å². The molecular weight excluding hydrogens is 296 g/mol. The first-order valence-corrected chi connectivity index (χ1v) is 6.49. The summed E-state index contributed by atoms with van der Waals surface area (Å²) in [6.07, 6.45) is 1.22. The topological polar surface area (TPSA) is 162 Å². The summed E-state index contributed by atoms with van der Waals surface area (Å²) in [5.41, 5.74) is 3.84. The lowest BCUT2D eigenvalue weighted by Gasteiger charge is -2.15. The number of hydrogen-bond donors (Lipinski definition) is 3. The number of carboxylic acid groups (broad SMARTS) is 1. The van der Waals surface area contributed by atoms with Gasteiger partial charge in [-0.1, -0.05) is 0 Å². The summed E-state index contributed by atoms with van der Waals surface area (Å²) in [4.78, 5) is 31.6. The highest BCUT2D eigenvalue weighted by Crippen LogP contribution is 2.34. The zero-order chi connectivity index (χ0) is 16.7. The zero-order valence-electron chi connectivity index (χ0n) is 11.6. The lowest BCUT2D eigenvalue weighted by molar-refractivity contribution is -0.392. The lowest BCUT2D eigenvalue weighted by atomic mass is 10.1. The summed E-state index contributed by atoms with van der Waals surface area (Å²) in [6.45, 7) is 0.387. The minimum atomic E-state index is -1.25. The van der Waals surface area contributed by atoms with Gasteiger partial charge in [0.25, 0.3) is 11.4 Å². The number of benzene rings is 1. The van der Waals surface area contributed by atoms with Crippen LogP contribution in [0.3, 0.4) is 0 Å². The zero-order valence-corrected chi connectivity index (χ0v) is 11.6. The molecule has 0 fully saturated rings. The van der Waals surface area contributed by atoms with E-state index in [1.54, 1.807) is 0 Å². The number of rotatable bonds is 9. The Morgan fingerprint density at radius 1 is 1.23 bits per heavy atom. The first kappa shape index (κ1) is 17.3. The molecule has 0 saturated heterocycles. The second-order valence-electron chi connectivity index (χ2n) is 4.51. The van der Waals surface area contributed by atoms with Crippen LogP contribution < -0.4 is 11.1 Å². The first-order valence-electron chi connectivity index (χ1n) is 6.49. The number of nitrogens with two attached hydrogens (primary N) is 1. The van der Waals surface area contributed by atoms with Gasteiger partial charge >= 0.3 is 5.97 Å². The second-order valence-corrected chi connectivity index (χ2v) is 4.51. The highest BCUT2D eigenvalue weighted by Gasteiger charge is 2.28. The van der Waals surface area contributed by atoms with Gasteiger partial charge in [0, 0.05) is 12.1 Å². The van der Waals surface area contributed by atoms with E-state index in [-0.39, 0.29) is 6.42 Å². The maximum atomic E-state index is 11.2. The van der Waals surface area contributed by atoms with Gasteiger partial charge in [0.05, 0.1) is 9.85 Å². The number of nitrogens with zero attached hydrogens (tertiary/aromatic N) is 2. The van der Waals surface area contributed by atoms with E-state index in [4.69, 9.17) is 10.8 Å². The minimum absolute atomic E-state index is 0.149. The predicted molar refractivity (Wildman–Crippen MR) is 77.7 cm³/mol. The van der Waals surface area contributed by atoms with Crippen LogP contribution in [-0.2, 0) is 4.79 Å². The average Bonchev–Trinajstić information content (AvgIpc) is 2.45. The number of unbranched alkanes of at least 4 members (excludes halogenated alkanes) is 1. The number of aliphatic carboxylic acids is 1. The maximum Gasteiger partial charge on any atom is 0.326 e. The fourth-order valence-corrected chi connectivity index (χ4v) is 1.90. The SMILES string of the molecule is NCCCCC(Nc1c([N+](=O)[O-])cccc1[N+](=O)[O-])C(=O)O. The molecule has 0 amide bonds. The summed E-state index contributed by atoms with van der Waals surface area (Å²) >= 11 is 0. The van der Waals surface area contributed by atoms with E-state index in [9.17, 15) is 25.0 Å². The smallest absolute Gasteiger partial charge is 0.326 e. The van der Waals surface area contributed by atoms with E-state index in [0.717, 1.165) is 12.1 Å². The predicted octanol–water partition coefficient (Wildman–Crippen LogP) is 1.50. The summed E-state index contributed by atoms with van der Waals surface area (Å²) < 4.78 is 0. The van der Waals surface area contributed by atoms with E-state index < -0.39 is 38.9 Å². The van der Waals surface area contributed by atoms with E-state index in [1.165, 1.54) is 6.07 Å². The van der Waals surface area contributed by atoms with Gasteiger partial charge in [-0.15, -0.1) is 0 Å². The molecule has 10 nitrogen and oxygen atoms in total. The van der Waals surface area contributed by atoms with Crippen molar-refractivity contribution >= 4 is 23.0 Å². The largest absolute Gasteiger partial charge is 0.480 e. The van der Waals surface area contributed by atoms with Crippen LogP contribution in [0.5, 0.6) is 0 Å². The molecule has 0 bridgehead atoms. The van der Waals surface area contributed by atoms with Crippen molar-refractivity contribution in [3.8, 4) is 0 Å². The van der Waals surface area contributed by atoms with Gasteiger partial charge in [0.1, 0.15) is 6.04 Å². The number of hydrogen-bond acceptors (Lipinski definition) is 7. The minimum Gasteiger partial charge on any atom is -0.480 e. The molecule has 1 aromatic carbocycles. The van der Waals surface area contributed by atoms with E-state index in [1.807, 2.05) is 0 Å². The number of carbonyl (C=O) groups is 1. The number of nitro benzene ring substituents is 2. The summed E-state index contributed by atoms with van der Waals surface area (Å²) in [5.74, 6) is -1.25. The molecule has 22 heavy (non-hydrogen) atoms. The Kier molecular flexibility index (Phi) is 6.20. The van der Waals surface area contributed by atoms with Crippen molar-refractivity contribution < 1.29 is 19.7 Å². The number of nitro groups is 2. The van der Waals surface area contributed by atoms with Crippen molar-refractivity contribution in [2.45, 2.75) is 25.3 Å². The third-order valence-electron chi connectivity index (χ3n) is 2.98. The van der Waals surface area contributed by atoms with E-state index >= 15 is 0 Å². The fourth-order valence-electron chi connectivity index (χ4n) is 1.90. The highest BCUT2D eigenvalue weighted by molar-refractivity contribution is 5.82. The number of nitrogens with one attached hydrogen (secondary N) is 1. The quantitative estimate of drug-likeness (QED) is 0.351.